The van der Waals surface area contributed by atoms with Gasteiger partial charge in [0.1, 0.15) is 5.82 Å². The Morgan fingerprint density at radius 2 is 2.32 bits per heavy atom. The largest absolute Gasteiger partial charge is 0.322 e. The SMILES string of the molecule is C[C@H]1c2ccsc2CCN1CC(=O)Nc1cc(Cl)ccc1F. The second-order valence-electron chi connectivity index (χ2n) is 5.37. The molecule has 0 saturated carbocycles. The Labute approximate surface area is 137 Å². The summed E-state index contributed by atoms with van der Waals surface area (Å²) in [6, 6.07) is 6.44. The summed E-state index contributed by atoms with van der Waals surface area (Å²) < 4.78 is 13.7. The molecule has 0 aliphatic carbocycles. The molecule has 116 valence electrons. The van der Waals surface area contributed by atoms with Crippen LogP contribution in [0.3, 0.4) is 0 Å². The Bertz CT molecular complexity index is 703. The quantitative estimate of drug-likeness (QED) is 0.913. The Morgan fingerprint density at radius 3 is 3.14 bits per heavy atom. The van der Waals surface area contributed by atoms with E-state index in [9.17, 15) is 9.18 Å². The van der Waals surface area contributed by atoms with Crippen LogP contribution in [-0.4, -0.2) is 23.9 Å². The molecule has 1 amide bonds. The molecule has 1 aliphatic heterocycles. The van der Waals surface area contributed by atoms with Gasteiger partial charge in [-0.2, -0.15) is 0 Å². The van der Waals surface area contributed by atoms with E-state index < -0.39 is 5.82 Å². The number of carbonyl (C=O) groups excluding carboxylic acids is 1. The van der Waals surface area contributed by atoms with Gasteiger partial charge < -0.3 is 5.32 Å². The molecule has 2 heterocycles. The fourth-order valence-electron chi connectivity index (χ4n) is 2.74. The summed E-state index contributed by atoms with van der Waals surface area (Å²) in [7, 11) is 0. The van der Waals surface area contributed by atoms with E-state index in [2.05, 4.69) is 28.6 Å². The fourth-order valence-corrected chi connectivity index (χ4v) is 3.88. The van der Waals surface area contributed by atoms with Crippen LogP contribution in [0.4, 0.5) is 10.1 Å². The van der Waals surface area contributed by atoms with E-state index in [-0.39, 0.29) is 24.2 Å². The number of nitrogens with zero attached hydrogens (tertiary/aromatic N) is 1. The highest BCUT2D eigenvalue weighted by atomic mass is 35.5. The zero-order valence-corrected chi connectivity index (χ0v) is 13.7. The molecular weight excluding hydrogens is 323 g/mol. The Hall–Kier alpha value is -1.43. The number of carbonyl (C=O) groups is 1. The lowest BCUT2D eigenvalue weighted by Crippen LogP contribution is -2.39. The molecule has 3 rings (SSSR count). The summed E-state index contributed by atoms with van der Waals surface area (Å²) in [4.78, 5) is 15.7. The minimum absolute atomic E-state index is 0.124. The van der Waals surface area contributed by atoms with Crippen LogP contribution in [-0.2, 0) is 11.2 Å². The number of anilines is 1. The lowest BCUT2D eigenvalue weighted by atomic mass is 10.0. The van der Waals surface area contributed by atoms with Crippen molar-refractivity contribution in [3.8, 4) is 0 Å². The number of rotatable bonds is 3. The second kappa shape index (κ2) is 6.36. The molecule has 1 N–H and O–H groups in total. The van der Waals surface area contributed by atoms with E-state index in [4.69, 9.17) is 11.6 Å². The number of thiophene rings is 1. The number of nitrogens with one attached hydrogen (secondary N) is 1. The molecule has 0 spiro atoms. The third kappa shape index (κ3) is 3.16. The molecule has 1 aromatic carbocycles. The van der Waals surface area contributed by atoms with Crippen LogP contribution in [0.2, 0.25) is 5.02 Å². The molecule has 3 nitrogen and oxygen atoms in total. The van der Waals surface area contributed by atoms with Crippen molar-refractivity contribution in [3.05, 3.63) is 50.9 Å². The van der Waals surface area contributed by atoms with Crippen LogP contribution >= 0.6 is 22.9 Å². The van der Waals surface area contributed by atoms with Crippen molar-refractivity contribution in [1.29, 1.82) is 0 Å². The minimum Gasteiger partial charge on any atom is -0.322 e. The van der Waals surface area contributed by atoms with Crippen molar-refractivity contribution < 1.29 is 9.18 Å². The van der Waals surface area contributed by atoms with Crippen LogP contribution < -0.4 is 5.32 Å². The van der Waals surface area contributed by atoms with Crippen molar-refractivity contribution in [2.45, 2.75) is 19.4 Å². The number of benzene rings is 1. The Morgan fingerprint density at radius 1 is 1.50 bits per heavy atom. The molecule has 0 radical (unpaired) electrons. The predicted molar refractivity (Wildman–Crippen MR) is 88.1 cm³/mol. The average molecular weight is 339 g/mol. The summed E-state index contributed by atoms with van der Waals surface area (Å²) in [6.45, 7) is 3.17. The molecule has 0 saturated heterocycles. The van der Waals surface area contributed by atoms with Gasteiger partial charge in [0.25, 0.3) is 0 Å². The number of fused-ring (bicyclic) bond motifs is 1. The number of halogens is 2. The third-order valence-corrected chi connectivity index (χ3v) is 5.18. The van der Waals surface area contributed by atoms with Crippen LogP contribution in [0.1, 0.15) is 23.4 Å². The lowest BCUT2D eigenvalue weighted by molar-refractivity contribution is -0.117. The molecule has 1 aromatic heterocycles. The van der Waals surface area contributed by atoms with E-state index in [1.165, 1.54) is 28.6 Å². The van der Waals surface area contributed by atoms with E-state index in [1.54, 1.807) is 11.3 Å². The second-order valence-corrected chi connectivity index (χ2v) is 6.81. The zero-order valence-electron chi connectivity index (χ0n) is 12.1. The highest BCUT2D eigenvalue weighted by molar-refractivity contribution is 7.10. The van der Waals surface area contributed by atoms with Gasteiger partial charge in [0, 0.05) is 22.5 Å². The van der Waals surface area contributed by atoms with Crippen LogP contribution in [0.5, 0.6) is 0 Å². The first-order chi connectivity index (χ1) is 10.5. The van der Waals surface area contributed by atoms with E-state index >= 15 is 0 Å². The van der Waals surface area contributed by atoms with Crippen LogP contribution in [0, 0.1) is 5.82 Å². The summed E-state index contributed by atoms with van der Waals surface area (Å²) in [5.74, 6) is -0.712. The van der Waals surface area contributed by atoms with Crippen LogP contribution in [0.25, 0.3) is 0 Å². The minimum atomic E-state index is -0.482. The average Bonchev–Trinajstić information content (AvgIpc) is 2.95. The highest BCUT2D eigenvalue weighted by Gasteiger charge is 2.26. The maximum Gasteiger partial charge on any atom is 0.238 e. The molecule has 22 heavy (non-hydrogen) atoms. The zero-order chi connectivity index (χ0) is 15.7. The van der Waals surface area contributed by atoms with Gasteiger partial charge in [0.2, 0.25) is 5.91 Å². The number of hydrogen-bond acceptors (Lipinski definition) is 3. The van der Waals surface area contributed by atoms with Crippen molar-refractivity contribution in [1.82, 2.24) is 4.90 Å². The molecule has 0 bridgehead atoms. The first-order valence-corrected chi connectivity index (χ1v) is 8.35. The van der Waals surface area contributed by atoms with Gasteiger partial charge in [0.05, 0.1) is 12.2 Å². The fraction of sp³-hybridized carbons (Fsp3) is 0.312. The topological polar surface area (TPSA) is 32.3 Å². The molecule has 0 unspecified atom stereocenters. The lowest BCUT2D eigenvalue weighted by Gasteiger charge is -2.32. The summed E-state index contributed by atoms with van der Waals surface area (Å²) in [5, 5.41) is 5.08. The standard InChI is InChI=1S/C16H16ClFN2OS/c1-10-12-5-7-22-15(12)4-6-20(10)9-16(21)19-14-8-11(17)2-3-13(14)18/h2-3,5,7-8,10H,4,6,9H2,1H3,(H,19,21)/t10-/m0/s1. The normalized spacial score (nSPS) is 18.0. The van der Waals surface area contributed by atoms with Crippen molar-refractivity contribution in [2.75, 3.05) is 18.4 Å². The van der Waals surface area contributed by atoms with Crippen molar-refractivity contribution in [3.63, 3.8) is 0 Å². The summed E-state index contributed by atoms with van der Waals surface area (Å²) in [5.41, 5.74) is 1.41. The van der Waals surface area contributed by atoms with Gasteiger partial charge in [-0.05, 0) is 48.6 Å². The summed E-state index contributed by atoms with van der Waals surface area (Å²) >= 11 is 7.60. The van der Waals surface area contributed by atoms with Crippen molar-refractivity contribution in [2.24, 2.45) is 0 Å². The van der Waals surface area contributed by atoms with Gasteiger partial charge in [0.15, 0.2) is 0 Å². The maximum atomic E-state index is 13.7. The van der Waals surface area contributed by atoms with Gasteiger partial charge in [-0.3, -0.25) is 9.69 Å². The molecular formula is C16H16ClFN2OS. The molecule has 1 atom stereocenters. The predicted octanol–water partition coefficient (Wildman–Crippen LogP) is 4.10. The van der Waals surface area contributed by atoms with E-state index in [0.29, 0.717) is 5.02 Å². The van der Waals surface area contributed by atoms with Gasteiger partial charge in [-0.25, -0.2) is 4.39 Å². The number of amides is 1. The maximum absolute atomic E-state index is 13.7. The van der Waals surface area contributed by atoms with Gasteiger partial charge in [-0.15, -0.1) is 11.3 Å². The molecule has 1 aliphatic rings. The van der Waals surface area contributed by atoms with E-state index in [1.807, 2.05) is 0 Å². The molecule has 6 heteroatoms. The van der Waals surface area contributed by atoms with Crippen molar-refractivity contribution >= 4 is 34.5 Å². The van der Waals surface area contributed by atoms with E-state index in [0.717, 1.165) is 13.0 Å². The van der Waals surface area contributed by atoms with Gasteiger partial charge >= 0.3 is 0 Å². The third-order valence-electron chi connectivity index (χ3n) is 3.95. The smallest absolute Gasteiger partial charge is 0.238 e. The van der Waals surface area contributed by atoms with Crippen LogP contribution in [0.15, 0.2) is 29.6 Å². The molecule has 0 fully saturated rings. The van der Waals surface area contributed by atoms with Gasteiger partial charge in [-0.1, -0.05) is 11.6 Å². The summed E-state index contributed by atoms with van der Waals surface area (Å²) in [6.07, 6.45) is 0.955. The first kappa shape index (κ1) is 15.5. The Balaban J connectivity index is 1.66. The molecule has 2 aromatic rings. The Kier molecular flexibility index (Phi) is 4.47. The highest BCUT2D eigenvalue weighted by Crippen LogP contribution is 2.32. The monoisotopic (exact) mass is 338 g/mol. The first-order valence-electron chi connectivity index (χ1n) is 7.10. The number of hydrogen-bond donors (Lipinski definition) is 1.